The molecule has 1 aliphatic rings. The molecule has 0 bridgehead atoms. The van der Waals surface area contributed by atoms with Gasteiger partial charge in [0.25, 0.3) is 0 Å². The molecule has 0 N–H and O–H groups in total. The maximum atomic E-state index is 12.6. The highest BCUT2D eigenvalue weighted by Crippen LogP contribution is 2.18. The summed E-state index contributed by atoms with van der Waals surface area (Å²) in [6.45, 7) is 2.77. The van der Waals surface area contributed by atoms with Crippen LogP contribution in [0.3, 0.4) is 0 Å². The normalized spacial score (nSPS) is 14.4. The van der Waals surface area contributed by atoms with Crippen LogP contribution in [0.5, 0.6) is 0 Å². The van der Waals surface area contributed by atoms with Crippen LogP contribution in [0.25, 0.3) is 5.82 Å². The molecule has 3 aromatic rings. The van der Waals surface area contributed by atoms with E-state index < -0.39 is 0 Å². The van der Waals surface area contributed by atoms with Crippen LogP contribution in [0.1, 0.15) is 5.56 Å². The first-order valence-corrected chi connectivity index (χ1v) is 9.18. The predicted molar refractivity (Wildman–Crippen MR) is 103 cm³/mol. The number of carbonyl (C=O) groups excluding carboxylic acids is 1. The van der Waals surface area contributed by atoms with Crippen molar-refractivity contribution in [3.63, 3.8) is 0 Å². The summed E-state index contributed by atoms with van der Waals surface area (Å²) in [6.07, 6.45) is 3.86. The summed E-state index contributed by atoms with van der Waals surface area (Å²) in [7, 11) is 0. The van der Waals surface area contributed by atoms with Crippen LogP contribution in [0.2, 0.25) is 5.02 Å². The van der Waals surface area contributed by atoms with Crippen LogP contribution >= 0.6 is 11.6 Å². The molecule has 0 atom stereocenters. The Kier molecular flexibility index (Phi) is 5.02. The lowest BCUT2D eigenvalue weighted by atomic mass is 10.1. The first kappa shape index (κ1) is 17.5. The monoisotopic (exact) mass is 382 g/mol. The van der Waals surface area contributed by atoms with E-state index >= 15 is 0 Å². The molecule has 0 unspecified atom stereocenters. The lowest BCUT2D eigenvalue weighted by Gasteiger charge is -2.35. The van der Waals surface area contributed by atoms with E-state index in [4.69, 9.17) is 11.6 Å². The smallest absolute Gasteiger partial charge is 0.227 e. The molecule has 0 radical (unpaired) electrons. The van der Waals surface area contributed by atoms with Gasteiger partial charge in [0.05, 0.1) is 6.42 Å². The molecular formula is C19H19ClN6O. The first-order valence-electron chi connectivity index (χ1n) is 8.80. The number of piperazine rings is 1. The van der Waals surface area contributed by atoms with Gasteiger partial charge in [-0.2, -0.15) is 5.10 Å². The zero-order chi connectivity index (χ0) is 18.6. The Morgan fingerprint density at radius 3 is 2.37 bits per heavy atom. The van der Waals surface area contributed by atoms with Gasteiger partial charge >= 0.3 is 0 Å². The van der Waals surface area contributed by atoms with E-state index in [1.54, 1.807) is 10.9 Å². The van der Waals surface area contributed by atoms with Crippen LogP contribution in [-0.4, -0.2) is 57.0 Å². The molecule has 3 heterocycles. The zero-order valence-electron chi connectivity index (χ0n) is 14.7. The molecular weight excluding hydrogens is 364 g/mol. The van der Waals surface area contributed by atoms with Crippen molar-refractivity contribution in [2.45, 2.75) is 6.42 Å². The van der Waals surface area contributed by atoms with Gasteiger partial charge in [0.2, 0.25) is 5.91 Å². The number of hydrogen-bond acceptors (Lipinski definition) is 5. The minimum atomic E-state index is 0.0999. The van der Waals surface area contributed by atoms with Crippen LogP contribution in [0.15, 0.2) is 54.9 Å². The Hall–Kier alpha value is -2.93. The highest BCUT2D eigenvalue weighted by atomic mass is 35.5. The van der Waals surface area contributed by atoms with Crippen molar-refractivity contribution in [1.29, 1.82) is 0 Å². The molecule has 1 saturated heterocycles. The Labute approximate surface area is 162 Å². The quantitative estimate of drug-likeness (QED) is 0.692. The number of carbonyl (C=O) groups is 1. The molecule has 0 spiro atoms. The van der Waals surface area contributed by atoms with E-state index in [-0.39, 0.29) is 5.91 Å². The Balaban J connectivity index is 1.34. The zero-order valence-corrected chi connectivity index (χ0v) is 15.5. The lowest BCUT2D eigenvalue weighted by Crippen LogP contribution is -2.49. The summed E-state index contributed by atoms with van der Waals surface area (Å²) in [5.74, 6) is 1.59. The second-order valence-electron chi connectivity index (χ2n) is 6.34. The lowest BCUT2D eigenvalue weighted by molar-refractivity contribution is -0.130. The van der Waals surface area contributed by atoms with Crippen molar-refractivity contribution in [2.75, 3.05) is 31.1 Å². The van der Waals surface area contributed by atoms with E-state index in [1.165, 1.54) is 0 Å². The molecule has 7 nitrogen and oxygen atoms in total. The van der Waals surface area contributed by atoms with Crippen molar-refractivity contribution >= 4 is 23.3 Å². The number of aromatic nitrogens is 4. The molecule has 27 heavy (non-hydrogen) atoms. The molecule has 4 rings (SSSR count). The van der Waals surface area contributed by atoms with Gasteiger partial charge in [-0.25, -0.2) is 4.68 Å². The number of halogens is 1. The summed E-state index contributed by atoms with van der Waals surface area (Å²) in [4.78, 5) is 16.6. The van der Waals surface area contributed by atoms with Gasteiger partial charge in [-0.1, -0.05) is 29.8 Å². The number of amides is 1. The van der Waals surface area contributed by atoms with E-state index in [9.17, 15) is 4.79 Å². The van der Waals surface area contributed by atoms with Crippen LogP contribution in [0.4, 0.5) is 5.82 Å². The van der Waals surface area contributed by atoms with E-state index in [1.807, 2.05) is 53.6 Å². The largest absolute Gasteiger partial charge is 0.352 e. The number of benzene rings is 1. The van der Waals surface area contributed by atoms with Gasteiger partial charge in [0.15, 0.2) is 11.6 Å². The van der Waals surface area contributed by atoms with Crippen LogP contribution in [0, 0.1) is 0 Å². The standard InChI is InChI=1S/C19H19ClN6O/c20-16-5-2-1-4-15(16)14-19(27)25-12-10-24(11-13-25)17-6-7-18(23-22-17)26-9-3-8-21-26/h1-9H,10-14H2. The predicted octanol–water partition coefficient (Wildman–Crippen LogP) is 2.21. The Bertz CT molecular complexity index is 904. The number of rotatable bonds is 4. The molecule has 1 aromatic carbocycles. The van der Waals surface area contributed by atoms with Crippen molar-refractivity contribution in [2.24, 2.45) is 0 Å². The molecule has 1 amide bonds. The minimum Gasteiger partial charge on any atom is -0.352 e. The summed E-state index contributed by atoms with van der Waals surface area (Å²) in [5, 5.41) is 13.3. The summed E-state index contributed by atoms with van der Waals surface area (Å²) in [5.41, 5.74) is 0.867. The third-order valence-electron chi connectivity index (χ3n) is 4.63. The average molecular weight is 383 g/mol. The van der Waals surface area contributed by atoms with Gasteiger partial charge < -0.3 is 9.80 Å². The van der Waals surface area contributed by atoms with Crippen molar-refractivity contribution in [3.8, 4) is 5.82 Å². The number of hydrogen-bond donors (Lipinski definition) is 0. The molecule has 0 saturated carbocycles. The molecule has 1 aliphatic heterocycles. The average Bonchev–Trinajstić information content (AvgIpc) is 3.25. The van der Waals surface area contributed by atoms with Gasteiger partial charge in [-0.05, 0) is 29.8 Å². The summed E-state index contributed by atoms with van der Waals surface area (Å²) < 4.78 is 1.67. The fourth-order valence-corrected chi connectivity index (χ4v) is 3.32. The minimum absolute atomic E-state index is 0.0999. The van der Waals surface area contributed by atoms with E-state index in [0.29, 0.717) is 30.4 Å². The summed E-state index contributed by atoms with van der Waals surface area (Å²) in [6, 6.07) is 13.1. The SMILES string of the molecule is O=C(Cc1ccccc1Cl)N1CCN(c2ccc(-n3cccn3)nn2)CC1. The Morgan fingerprint density at radius 2 is 1.70 bits per heavy atom. The van der Waals surface area contributed by atoms with Crippen LogP contribution < -0.4 is 4.90 Å². The van der Waals surface area contributed by atoms with E-state index in [0.717, 1.165) is 24.5 Å². The molecule has 0 aliphatic carbocycles. The van der Waals surface area contributed by atoms with Crippen molar-refractivity contribution in [1.82, 2.24) is 24.9 Å². The van der Waals surface area contributed by atoms with Gasteiger partial charge in [-0.3, -0.25) is 4.79 Å². The maximum Gasteiger partial charge on any atom is 0.227 e. The number of nitrogens with zero attached hydrogens (tertiary/aromatic N) is 6. The molecule has 8 heteroatoms. The topological polar surface area (TPSA) is 67.2 Å². The first-order chi connectivity index (χ1) is 13.2. The van der Waals surface area contributed by atoms with Crippen LogP contribution in [-0.2, 0) is 11.2 Å². The highest BCUT2D eigenvalue weighted by molar-refractivity contribution is 6.31. The molecule has 138 valence electrons. The Morgan fingerprint density at radius 1 is 0.963 bits per heavy atom. The maximum absolute atomic E-state index is 12.6. The number of anilines is 1. The third-order valence-corrected chi connectivity index (χ3v) is 5.00. The fourth-order valence-electron chi connectivity index (χ4n) is 3.11. The van der Waals surface area contributed by atoms with Gasteiger partial charge in [0.1, 0.15) is 0 Å². The van der Waals surface area contributed by atoms with Gasteiger partial charge in [0, 0.05) is 43.6 Å². The second kappa shape index (κ2) is 7.75. The highest BCUT2D eigenvalue weighted by Gasteiger charge is 2.22. The van der Waals surface area contributed by atoms with Gasteiger partial charge in [-0.15, -0.1) is 10.2 Å². The van der Waals surface area contributed by atoms with Crippen molar-refractivity contribution < 1.29 is 4.79 Å². The summed E-state index contributed by atoms with van der Waals surface area (Å²) >= 11 is 6.16. The van der Waals surface area contributed by atoms with Crippen molar-refractivity contribution in [3.05, 3.63) is 65.4 Å². The fraction of sp³-hybridized carbons (Fsp3) is 0.263. The second-order valence-corrected chi connectivity index (χ2v) is 6.74. The third kappa shape index (κ3) is 3.93. The molecule has 2 aromatic heterocycles. The molecule has 1 fully saturated rings. The van der Waals surface area contributed by atoms with E-state index in [2.05, 4.69) is 20.2 Å².